The molecule has 0 aliphatic heterocycles. The van der Waals surface area contributed by atoms with Crippen LogP contribution in [-0.2, 0) is 5.75 Å². The Bertz CT molecular complexity index is 900. The molecule has 5 nitrogen and oxygen atoms in total. The van der Waals surface area contributed by atoms with Gasteiger partial charge in [0.25, 0.3) is 5.22 Å². The number of hydrogen-bond donors (Lipinski definition) is 0. The van der Waals surface area contributed by atoms with Crippen molar-refractivity contribution in [1.82, 2.24) is 19.4 Å². The standard InChI is InChI=1S/C14H9ClN4OS/c15-12-10(17-13-16-6-3-7-19(12)13)8-21-14-18-9-4-1-2-5-11(9)20-14/h1-7H,8H2. The van der Waals surface area contributed by atoms with Crippen LogP contribution in [0, 0.1) is 0 Å². The number of benzene rings is 1. The maximum Gasteiger partial charge on any atom is 0.257 e. The van der Waals surface area contributed by atoms with Gasteiger partial charge in [-0.25, -0.2) is 15.0 Å². The summed E-state index contributed by atoms with van der Waals surface area (Å²) in [5.74, 6) is 1.17. The number of rotatable bonds is 3. The maximum absolute atomic E-state index is 6.30. The molecule has 0 saturated heterocycles. The average molecular weight is 317 g/mol. The molecule has 3 aromatic heterocycles. The highest BCUT2D eigenvalue weighted by Crippen LogP contribution is 2.28. The second-order valence-electron chi connectivity index (χ2n) is 4.38. The van der Waals surface area contributed by atoms with Crippen molar-refractivity contribution in [3.8, 4) is 0 Å². The molecule has 3 heterocycles. The third kappa shape index (κ3) is 2.26. The molecule has 0 aliphatic carbocycles. The van der Waals surface area contributed by atoms with Crippen molar-refractivity contribution < 1.29 is 4.42 Å². The third-order valence-electron chi connectivity index (χ3n) is 3.02. The normalized spacial score (nSPS) is 11.5. The van der Waals surface area contributed by atoms with E-state index in [9.17, 15) is 0 Å². The van der Waals surface area contributed by atoms with Gasteiger partial charge in [0.1, 0.15) is 10.7 Å². The average Bonchev–Trinajstić information content (AvgIpc) is 3.07. The van der Waals surface area contributed by atoms with Crippen molar-refractivity contribution in [2.75, 3.05) is 0 Å². The zero-order chi connectivity index (χ0) is 14.2. The molecule has 0 spiro atoms. The van der Waals surface area contributed by atoms with Crippen LogP contribution in [-0.4, -0.2) is 19.4 Å². The minimum atomic E-state index is 0.571. The van der Waals surface area contributed by atoms with Crippen LogP contribution in [0.1, 0.15) is 5.69 Å². The van der Waals surface area contributed by atoms with Gasteiger partial charge in [-0.3, -0.25) is 4.40 Å². The van der Waals surface area contributed by atoms with Crippen molar-refractivity contribution in [2.24, 2.45) is 0 Å². The van der Waals surface area contributed by atoms with Crippen molar-refractivity contribution in [3.63, 3.8) is 0 Å². The van der Waals surface area contributed by atoms with Crippen LogP contribution in [0.5, 0.6) is 0 Å². The summed E-state index contributed by atoms with van der Waals surface area (Å²) in [6.45, 7) is 0. The van der Waals surface area contributed by atoms with Crippen molar-refractivity contribution in [3.05, 3.63) is 53.6 Å². The summed E-state index contributed by atoms with van der Waals surface area (Å²) >= 11 is 7.76. The first-order valence-electron chi connectivity index (χ1n) is 6.27. The molecule has 0 unspecified atom stereocenters. The topological polar surface area (TPSA) is 56.2 Å². The quantitative estimate of drug-likeness (QED) is 0.538. The number of aromatic nitrogens is 4. The first kappa shape index (κ1) is 12.7. The Morgan fingerprint density at radius 1 is 1.19 bits per heavy atom. The van der Waals surface area contributed by atoms with Gasteiger partial charge in [-0.1, -0.05) is 35.5 Å². The minimum absolute atomic E-state index is 0.571. The van der Waals surface area contributed by atoms with E-state index >= 15 is 0 Å². The molecule has 1 aromatic carbocycles. The molecule has 0 fully saturated rings. The lowest BCUT2D eigenvalue weighted by molar-refractivity contribution is 0.489. The van der Waals surface area contributed by atoms with E-state index < -0.39 is 0 Å². The van der Waals surface area contributed by atoms with Crippen LogP contribution < -0.4 is 0 Å². The number of nitrogens with zero attached hydrogens (tertiary/aromatic N) is 4. The molecule has 21 heavy (non-hydrogen) atoms. The van der Waals surface area contributed by atoms with Crippen LogP contribution >= 0.6 is 23.4 Å². The third-order valence-corrected chi connectivity index (χ3v) is 4.26. The zero-order valence-corrected chi connectivity index (χ0v) is 12.3. The summed E-state index contributed by atoms with van der Waals surface area (Å²) in [4.78, 5) is 13.0. The van der Waals surface area contributed by atoms with Crippen LogP contribution in [0.15, 0.2) is 52.4 Å². The first-order valence-corrected chi connectivity index (χ1v) is 7.63. The molecule has 0 radical (unpaired) electrons. The highest BCUT2D eigenvalue weighted by molar-refractivity contribution is 7.98. The van der Waals surface area contributed by atoms with Gasteiger partial charge in [0.2, 0.25) is 5.78 Å². The number of para-hydroxylation sites is 2. The first-order chi connectivity index (χ1) is 10.3. The molecular formula is C14H9ClN4OS. The van der Waals surface area contributed by atoms with Crippen LogP contribution in [0.3, 0.4) is 0 Å². The molecule has 0 saturated carbocycles. The number of fused-ring (bicyclic) bond motifs is 2. The number of hydrogen-bond acceptors (Lipinski definition) is 5. The van der Waals surface area contributed by atoms with Crippen LogP contribution in [0.25, 0.3) is 16.9 Å². The van der Waals surface area contributed by atoms with E-state index in [0.29, 0.717) is 21.9 Å². The van der Waals surface area contributed by atoms with Gasteiger partial charge in [-0.2, -0.15) is 0 Å². The fourth-order valence-electron chi connectivity index (χ4n) is 2.04. The lowest BCUT2D eigenvalue weighted by Crippen LogP contribution is -1.85. The minimum Gasteiger partial charge on any atom is -0.431 e. The van der Waals surface area contributed by atoms with E-state index in [1.807, 2.05) is 36.5 Å². The molecule has 4 aromatic rings. The molecule has 0 atom stereocenters. The molecule has 7 heteroatoms. The second-order valence-corrected chi connectivity index (χ2v) is 5.66. The van der Waals surface area contributed by atoms with Gasteiger partial charge >= 0.3 is 0 Å². The Morgan fingerprint density at radius 2 is 2.10 bits per heavy atom. The predicted molar refractivity (Wildman–Crippen MR) is 81.6 cm³/mol. The summed E-state index contributed by atoms with van der Waals surface area (Å²) in [6.07, 6.45) is 3.53. The van der Waals surface area contributed by atoms with E-state index in [1.165, 1.54) is 11.8 Å². The lowest BCUT2D eigenvalue weighted by atomic mass is 10.3. The summed E-state index contributed by atoms with van der Waals surface area (Å²) < 4.78 is 7.42. The smallest absolute Gasteiger partial charge is 0.257 e. The Hall–Kier alpha value is -2.05. The van der Waals surface area contributed by atoms with Gasteiger partial charge < -0.3 is 4.42 Å². The van der Waals surface area contributed by atoms with Gasteiger partial charge in [0, 0.05) is 18.1 Å². The van der Waals surface area contributed by atoms with Gasteiger partial charge in [-0.05, 0) is 18.2 Å². The monoisotopic (exact) mass is 316 g/mol. The highest BCUT2D eigenvalue weighted by Gasteiger charge is 2.13. The molecule has 104 valence electrons. The molecular weight excluding hydrogens is 308 g/mol. The maximum atomic E-state index is 6.30. The van der Waals surface area contributed by atoms with E-state index in [0.717, 1.165) is 16.8 Å². The number of oxazole rings is 1. The number of halogens is 1. The Kier molecular flexibility index (Phi) is 3.05. The van der Waals surface area contributed by atoms with E-state index in [-0.39, 0.29) is 0 Å². The Balaban J connectivity index is 1.61. The fraction of sp³-hybridized carbons (Fsp3) is 0.0714. The Labute approximate surface area is 129 Å². The van der Waals surface area contributed by atoms with Gasteiger partial charge in [0.05, 0.1) is 5.69 Å². The number of thioether (sulfide) groups is 1. The summed E-state index contributed by atoms with van der Waals surface area (Å²) in [5, 5.41) is 1.18. The molecule has 4 rings (SSSR count). The number of imidazole rings is 1. The zero-order valence-electron chi connectivity index (χ0n) is 10.7. The summed E-state index contributed by atoms with van der Waals surface area (Å²) in [6, 6.07) is 9.49. The highest BCUT2D eigenvalue weighted by atomic mass is 35.5. The summed E-state index contributed by atoms with van der Waals surface area (Å²) in [5.41, 5.74) is 2.40. The van der Waals surface area contributed by atoms with Gasteiger partial charge in [-0.15, -0.1) is 0 Å². The van der Waals surface area contributed by atoms with Crippen molar-refractivity contribution >= 4 is 40.2 Å². The molecule has 0 bridgehead atoms. The van der Waals surface area contributed by atoms with E-state index in [1.54, 1.807) is 10.6 Å². The van der Waals surface area contributed by atoms with Crippen LogP contribution in [0.2, 0.25) is 5.15 Å². The SMILES string of the molecule is Clc1c(CSc2nc3ccccc3o2)nc2ncccn12. The largest absolute Gasteiger partial charge is 0.431 e. The summed E-state index contributed by atoms with van der Waals surface area (Å²) in [7, 11) is 0. The van der Waals surface area contributed by atoms with E-state index in [2.05, 4.69) is 15.0 Å². The fourth-order valence-corrected chi connectivity index (χ4v) is 3.13. The second kappa shape index (κ2) is 5.05. The lowest BCUT2D eigenvalue weighted by Gasteiger charge is -1.94. The van der Waals surface area contributed by atoms with Crippen molar-refractivity contribution in [2.45, 2.75) is 11.0 Å². The Morgan fingerprint density at radius 3 is 2.95 bits per heavy atom. The molecule has 0 N–H and O–H groups in total. The van der Waals surface area contributed by atoms with Gasteiger partial charge in [0.15, 0.2) is 5.58 Å². The molecule has 0 aliphatic rings. The van der Waals surface area contributed by atoms with Crippen molar-refractivity contribution in [1.29, 1.82) is 0 Å². The van der Waals surface area contributed by atoms with E-state index in [4.69, 9.17) is 16.0 Å². The predicted octanol–water partition coefficient (Wildman–Crippen LogP) is 3.82. The molecule has 0 amide bonds. The van der Waals surface area contributed by atoms with Crippen LogP contribution in [0.4, 0.5) is 0 Å².